The first-order chi connectivity index (χ1) is 5.43. The maximum absolute atomic E-state index is 3.95. The van der Waals surface area contributed by atoms with E-state index in [1.54, 1.807) is 0 Å². The highest BCUT2D eigenvalue weighted by Gasteiger charge is 1.84. The molecule has 0 saturated carbocycles. The SMILES string of the molecule is CCC=CCc1ccncc1. The van der Waals surface area contributed by atoms with E-state index in [9.17, 15) is 0 Å². The van der Waals surface area contributed by atoms with E-state index in [0.29, 0.717) is 0 Å². The molecule has 0 radical (unpaired) electrons. The lowest BCUT2D eigenvalue weighted by molar-refractivity contribution is 1.16. The average Bonchev–Trinajstić information content (AvgIpc) is 2.07. The molecule has 1 aromatic heterocycles. The number of rotatable bonds is 3. The average molecular weight is 147 g/mol. The van der Waals surface area contributed by atoms with E-state index < -0.39 is 0 Å². The summed E-state index contributed by atoms with van der Waals surface area (Å²) in [5.41, 5.74) is 1.32. The van der Waals surface area contributed by atoms with Crippen LogP contribution in [0, 0.1) is 0 Å². The molecule has 0 aliphatic rings. The van der Waals surface area contributed by atoms with Gasteiger partial charge >= 0.3 is 0 Å². The van der Waals surface area contributed by atoms with Crippen LogP contribution in [0.3, 0.4) is 0 Å². The maximum atomic E-state index is 3.95. The number of hydrogen-bond donors (Lipinski definition) is 0. The normalized spacial score (nSPS) is 10.6. The van der Waals surface area contributed by atoms with Gasteiger partial charge in [-0.05, 0) is 30.5 Å². The number of hydrogen-bond acceptors (Lipinski definition) is 1. The molecule has 1 aromatic rings. The molecule has 0 aliphatic carbocycles. The van der Waals surface area contributed by atoms with Gasteiger partial charge in [0.15, 0.2) is 0 Å². The van der Waals surface area contributed by atoms with Gasteiger partial charge in [0.2, 0.25) is 0 Å². The van der Waals surface area contributed by atoms with Crippen LogP contribution in [0.1, 0.15) is 18.9 Å². The van der Waals surface area contributed by atoms with Crippen molar-refractivity contribution in [1.82, 2.24) is 4.98 Å². The van der Waals surface area contributed by atoms with Crippen LogP contribution in [-0.4, -0.2) is 4.98 Å². The van der Waals surface area contributed by atoms with Gasteiger partial charge in [0.25, 0.3) is 0 Å². The Hall–Kier alpha value is -1.11. The van der Waals surface area contributed by atoms with Crippen LogP contribution in [0.15, 0.2) is 36.7 Å². The summed E-state index contributed by atoms with van der Waals surface area (Å²) in [5.74, 6) is 0. The van der Waals surface area contributed by atoms with E-state index in [2.05, 4.69) is 24.1 Å². The van der Waals surface area contributed by atoms with Gasteiger partial charge in [-0.3, -0.25) is 4.98 Å². The third-order valence-electron chi connectivity index (χ3n) is 1.51. The molecule has 1 heteroatoms. The second kappa shape index (κ2) is 4.67. The highest BCUT2D eigenvalue weighted by Crippen LogP contribution is 1.98. The van der Waals surface area contributed by atoms with Gasteiger partial charge in [0.1, 0.15) is 0 Å². The van der Waals surface area contributed by atoms with Crippen molar-refractivity contribution in [3.63, 3.8) is 0 Å². The molecule has 0 bridgehead atoms. The van der Waals surface area contributed by atoms with Crippen LogP contribution >= 0.6 is 0 Å². The van der Waals surface area contributed by atoms with Crippen LogP contribution in [-0.2, 0) is 6.42 Å². The molecular formula is C10H13N. The van der Waals surface area contributed by atoms with Gasteiger partial charge in [-0.25, -0.2) is 0 Å². The Bertz CT molecular complexity index is 214. The topological polar surface area (TPSA) is 12.9 Å². The quantitative estimate of drug-likeness (QED) is 0.599. The second-order valence-corrected chi connectivity index (χ2v) is 2.44. The Balaban J connectivity index is 2.45. The molecule has 0 spiro atoms. The van der Waals surface area contributed by atoms with Crippen molar-refractivity contribution in [2.24, 2.45) is 0 Å². The van der Waals surface area contributed by atoms with Gasteiger partial charge in [-0.1, -0.05) is 19.1 Å². The van der Waals surface area contributed by atoms with E-state index in [-0.39, 0.29) is 0 Å². The molecular weight excluding hydrogens is 134 g/mol. The van der Waals surface area contributed by atoms with Crippen molar-refractivity contribution in [2.75, 3.05) is 0 Å². The van der Waals surface area contributed by atoms with Gasteiger partial charge in [-0.15, -0.1) is 0 Å². The fraction of sp³-hybridized carbons (Fsp3) is 0.300. The number of pyridine rings is 1. The smallest absolute Gasteiger partial charge is 0.0270 e. The molecule has 1 nitrogen and oxygen atoms in total. The standard InChI is InChI=1S/C10H13N/c1-2-3-4-5-10-6-8-11-9-7-10/h3-4,6-9H,2,5H2,1H3. The van der Waals surface area contributed by atoms with Gasteiger partial charge in [0.05, 0.1) is 0 Å². The van der Waals surface area contributed by atoms with E-state index >= 15 is 0 Å². The predicted octanol–water partition coefficient (Wildman–Crippen LogP) is 2.59. The summed E-state index contributed by atoms with van der Waals surface area (Å²) < 4.78 is 0. The molecule has 1 heterocycles. The molecule has 0 saturated heterocycles. The summed E-state index contributed by atoms with van der Waals surface area (Å²) in [6.07, 6.45) is 10.2. The molecule has 0 N–H and O–H groups in total. The first-order valence-corrected chi connectivity index (χ1v) is 3.97. The molecule has 0 fully saturated rings. The zero-order valence-corrected chi connectivity index (χ0v) is 6.83. The van der Waals surface area contributed by atoms with Crippen LogP contribution in [0.25, 0.3) is 0 Å². The first-order valence-electron chi connectivity index (χ1n) is 3.97. The van der Waals surface area contributed by atoms with Crippen molar-refractivity contribution in [3.8, 4) is 0 Å². The summed E-state index contributed by atoms with van der Waals surface area (Å²) in [7, 11) is 0. The van der Waals surface area contributed by atoms with Crippen molar-refractivity contribution in [3.05, 3.63) is 42.2 Å². The highest BCUT2D eigenvalue weighted by atomic mass is 14.6. The lowest BCUT2D eigenvalue weighted by Crippen LogP contribution is -1.79. The predicted molar refractivity (Wildman–Crippen MR) is 47.4 cm³/mol. The Morgan fingerprint density at radius 3 is 2.64 bits per heavy atom. The summed E-state index contributed by atoms with van der Waals surface area (Å²) in [6, 6.07) is 4.08. The minimum absolute atomic E-state index is 1.02. The zero-order valence-electron chi connectivity index (χ0n) is 6.83. The van der Waals surface area contributed by atoms with Gasteiger partial charge in [0, 0.05) is 12.4 Å². The van der Waals surface area contributed by atoms with E-state index in [0.717, 1.165) is 12.8 Å². The van der Waals surface area contributed by atoms with Crippen molar-refractivity contribution < 1.29 is 0 Å². The first kappa shape index (κ1) is 7.99. The van der Waals surface area contributed by atoms with Crippen molar-refractivity contribution >= 4 is 0 Å². The fourth-order valence-electron chi connectivity index (χ4n) is 0.905. The Kier molecular flexibility index (Phi) is 3.39. The second-order valence-electron chi connectivity index (χ2n) is 2.44. The summed E-state index contributed by atoms with van der Waals surface area (Å²) in [4.78, 5) is 3.95. The molecule has 0 aromatic carbocycles. The molecule has 0 atom stereocenters. The number of allylic oxidation sites excluding steroid dienone is 2. The third kappa shape index (κ3) is 2.99. The van der Waals surface area contributed by atoms with Crippen LogP contribution in [0.2, 0.25) is 0 Å². The van der Waals surface area contributed by atoms with Crippen molar-refractivity contribution in [2.45, 2.75) is 19.8 Å². The van der Waals surface area contributed by atoms with Crippen LogP contribution < -0.4 is 0 Å². The minimum Gasteiger partial charge on any atom is -0.265 e. The zero-order chi connectivity index (χ0) is 7.94. The van der Waals surface area contributed by atoms with E-state index in [1.165, 1.54) is 5.56 Å². The molecule has 0 aliphatic heterocycles. The fourth-order valence-corrected chi connectivity index (χ4v) is 0.905. The van der Waals surface area contributed by atoms with E-state index in [1.807, 2.05) is 24.5 Å². The Morgan fingerprint density at radius 2 is 2.00 bits per heavy atom. The maximum Gasteiger partial charge on any atom is 0.0270 e. The molecule has 11 heavy (non-hydrogen) atoms. The molecule has 0 unspecified atom stereocenters. The van der Waals surface area contributed by atoms with Gasteiger partial charge in [-0.2, -0.15) is 0 Å². The lowest BCUT2D eigenvalue weighted by Gasteiger charge is -1.92. The highest BCUT2D eigenvalue weighted by molar-refractivity contribution is 5.13. The Labute approximate surface area is 67.8 Å². The molecule has 0 amide bonds. The number of aromatic nitrogens is 1. The summed E-state index contributed by atoms with van der Waals surface area (Å²) in [5, 5.41) is 0. The minimum atomic E-state index is 1.02. The van der Waals surface area contributed by atoms with Gasteiger partial charge < -0.3 is 0 Å². The summed E-state index contributed by atoms with van der Waals surface area (Å²) >= 11 is 0. The Morgan fingerprint density at radius 1 is 1.27 bits per heavy atom. The summed E-state index contributed by atoms with van der Waals surface area (Å²) in [6.45, 7) is 2.14. The van der Waals surface area contributed by atoms with Crippen molar-refractivity contribution in [1.29, 1.82) is 0 Å². The monoisotopic (exact) mass is 147 g/mol. The molecule has 1 rings (SSSR count). The number of nitrogens with zero attached hydrogens (tertiary/aromatic N) is 1. The third-order valence-corrected chi connectivity index (χ3v) is 1.51. The molecule has 58 valence electrons. The largest absolute Gasteiger partial charge is 0.265 e. The lowest BCUT2D eigenvalue weighted by atomic mass is 10.2. The van der Waals surface area contributed by atoms with E-state index in [4.69, 9.17) is 0 Å². The van der Waals surface area contributed by atoms with Crippen LogP contribution in [0.4, 0.5) is 0 Å². The van der Waals surface area contributed by atoms with Crippen LogP contribution in [0.5, 0.6) is 0 Å².